The Morgan fingerprint density at radius 2 is 1.71 bits per heavy atom. The number of carbonyl (C=O) groups excluding carboxylic acids is 1. The summed E-state index contributed by atoms with van der Waals surface area (Å²) in [6.07, 6.45) is 9.29. The van der Waals surface area contributed by atoms with Crippen LogP contribution in [-0.2, 0) is 16.1 Å². The molecule has 7 heterocycles. The van der Waals surface area contributed by atoms with E-state index in [1.807, 2.05) is 42.7 Å². The quantitative estimate of drug-likeness (QED) is 0.344. The lowest BCUT2D eigenvalue weighted by Crippen LogP contribution is -2.45. The molecule has 0 saturated carbocycles. The van der Waals surface area contributed by atoms with Crippen molar-refractivity contribution in [3.8, 4) is 11.5 Å². The van der Waals surface area contributed by atoms with Gasteiger partial charge in [0.15, 0.2) is 16.6 Å². The first kappa shape index (κ1) is 26.5. The molecule has 11 heteroatoms. The van der Waals surface area contributed by atoms with Crippen LogP contribution in [0.1, 0.15) is 36.6 Å². The van der Waals surface area contributed by atoms with Crippen LogP contribution in [0.25, 0.3) is 22.7 Å². The third-order valence-corrected chi connectivity index (χ3v) is 9.67. The van der Waals surface area contributed by atoms with Gasteiger partial charge in [-0.3, -0.25) is 14.7 Å². The monoisotopic (exact) mass is 572 g/mol. The summed E-state index contributed by atoms with van der Waals surface area (Å²) in [4.78, 5) is 40.5. The van der Waals surface area contributed by atoms with E-state index in [-0.39, 0.29) is 12.0 Å². The molecule has 0 spiro atoms. The lowest BCUT2D eigenvalue weighted by atomic mass is 9.93. The molecule has 3 aliphatic heterocycles. The van der Waals surface area contributed by atoms with Crippen molar-refractivity contribution in [3.63, 3.8) is 0 Å². The number of anilines is 1. The lowest BCUT2D eigenvalue weighted by Gasteiger charge is -2.37. The molecule has 10 nitrogen and oxygen atoms in total. The standard InChI is InChI=1S/C30H36N8O2S/c39-29(22-6-12-35(13-7-22)21-24-20-33-30(41-24)37-16-18-40-19-17-37)36-14-8-23(9-15-36)38-27-26(5-3-11-32-27)34-28(38)25-4-1-2-10-31-25/h1-5,10-11,20,22-23H,6-9,12-19,21H2. The summed E-state index contributed by atoms with van der Waals surface area (Å²) in [5.41, 5.74) is 2.63. The number of hydrogen-bond donors (Lipinski definition) is 0. The van der Waals surface area contributed by atoms with Crippen LogP contribution < -0.4 is 4.90 Å². The summed E-state index contributed by atoms with van der Waals surface area (Å²) >= 11 is 1.79. The number of morpholine rings is 1. The highest BCUT2D eigenvalue weighted by Gasteiger charge is 2.33. The van der Waals surface area contributed by atoms with Gasteiger partial charge in [-0.25, -0.2) is 15.0 Å². The molecular formula is C30H36N8O2S. The van der Waals surface area contributed by atoms with Gasteiger partial charge in [-0.05, 0) is 63.0 Å². The molecule has 41 heavy (non-hydrogen) atoms. The van der Waals surface area contributed by atoms with Crippen molar-refractivity contribution in [2.24, 2.45) is 5.92 Å². The number of pyridine rings is 2. The zero-order valence-electron chi connectivity index (χ0n) is 23.3. The summed E-state index contributed by atoms with van der Waals surface area (Å²) in [6, 6.07) is 10.1. The molecule has 0 aliphatic carbocycles. The number of nitrogens with zero attached hydrogens (tertiary/aromatic N) is 8. The van der Waals surface area contributed by atoms with Crippen LogP contribution in [0.3, 0.4) is 0 Å². The van der Waals surface area contributed by atoms with Gasteiger partial charge < -0.3 is 19.1 Å². The fraction of sp³-hybridized carbons (Fsp3) is 0.500. The van der Waals surface area contributed by atoms with Gasteiger partial charge >= 0.3 is 0 Å². The second-order valence-electron chi connectivity index (χ2n) is 11.2. The number of hydrogen-bond acceptors (Lipinski definition) is 9. The fourth-order valence-corrected chi connectivity index (χ4v) is 7.39. The molecule has 7 rings (SSSR count). The molecule has 0 atom stereocenters. The number of imidazole rings is 1. The van der Waals surface area contributed by atoms with E-state index < -0.39 is 0 Å². The van der Waals surface area contributed by atoms with E-state index in [9.17, 15) is 4.79 Å². The van der Waals surface area contributed by atoms with Crippen molar-refractivity contribution < 1.29 is 9.53 Å². The van der Waals surface area contributed by atoms with E-state index in [0.717, 1.165) is 113 Å². The second-order valence-corrected chi connectivity index (χ2v) is 12.3. The van der Waals surface area contributed by atoms with Crippen molar-refractivity contribution in [3.05, 3.63) is 53.8 Å². The zero-order valence-corrected chi connectivity index (χ0v) is 24.1. The molecule has 0 bridgehead atoms. The van der Waals surface area contributed by atoms with Gasteiger partial charge in [-0.15, -0.1) is 11.3 Å². The van der Waals surface area contributed by atoms with E-state index in [0.29, 0.717) is 5.91 Å². The van der Waals surface area contributed by atoms with Gasteiger partial charge in [0.2, 0.25) is 5.91 Å². The molecule has 0 aromatic carbocycles. The van der Waals surface area contributed by atoms with Crippen molar-refractivity contribution in [1.29, 1.82) is 0 Å². The molecule has 3 saturated heterocycles. The lowest BCUT2D eigenvalue weighted by molar-refractivity contribution is -0.138. The molecule has 0 radical (unpaired) electrons. The third-order valence-electron chi connectivity index (χ3n) is 8.62. The summed E-state index contributed by atoms with van der Waals surface area (Å²) in [6.45, 7) is 7.75. The SMILES string of the molecule is O=C(C1CCN(Cc2cnc(N3CCOCC3)s2)CC1)N1CCC(n2c(-c3ccccn3)nc3cccnc32)CC1. The number of fused-ring (bicyclic) bond motifs is 1. The average molecular weight is 573 g/mol. The van der Waals surface area contributed by atoms with Crippen LogP contribution in [0.2, 0.25) is 0 Å². The summed E-state index contributed by atoms with van der Waals surface area (Å²) in [7, 11) is 0. The maximum Gasteiger partial charge on any atom is 0.225 e. The number of ether oxygens (including phenoxy) is 1. The fourth-order valence-electron chi connectivity index (χ4n) is 6.38. The normalized spacial score (nSPS) is 19.7. The highest BCUT2D eigenvalue weighted by atomic mass is 32.1. The molecule has 4 aromatic heterocycles. The number of amides is 1. The van der Waals surface area contributed by atoms with Gasteiger partial charge in [0.1, 0.15) is 11.2 Å². The number of thiazole rings is 1. The summed E-state index contributed by atoms with van der Waals surface area (Å²) < 4.78 is 7.72. The molecule has 0 N–H and O–H groups in total. The van der Waals surface area contributed by atoms with Crippen molar-refractivity contribution in [2.45, 2.75) is 38.3 Å². The first-order chi connectivity index (χ1) is 20.2. The van der Waals surface area contributed by atoms with Gasteiger partial charge in [0.05, 0.1) is 13.2 Å². The van der Waals surface area contributed by atoms with Crippen molar-refractivity contribution >= 4 is 33.5 Å². The Bertz CT molecular complexity index is 1470. The predicted molar refractivity (Wildman–Crippen MR) is 159 cm³/mol. The number of carbonyl (C=O) groups is 1. The maximum absolute atomic E-state index is 13.5. The van der Waals surface area contributed by atoms with Crippen molar-refractivity contribution in [2.75, 3.05) is 57.4 Å². The van der Waals surface area contributed by atoms with Crippen LogP contribution in [0.15, 0.2) is 48.9 Å². The highest BCUT2D eigenvalue weighted by Crippen LogP contribution is 2.33. The Kier molecular flexibility index (Phi) is 7.64. The summed E-state index contributed by atoms with van der Waals surface area (Å²) in [5, 5.41) is 1.10. The van der Waals surface area contributed by atoms with Gasteiger partial charge in [0.25, 0.3) is 0 Å². The first-order valence-corrected chi connectivity index (χ1v) is 15.6. The second kappa shape index (κ2) is 11.8. The number of rotatable bonds is 6. The molecule has 3 aliphatic rings. The molecule has 1 amide bonds. The van der Waals surface area contributed by atoms with E-state index >= 15 is 0 Å². The Hall–Kier alpha value is -3.41. The Balaban J connectivity index is 0.945. The third kappa shape index (κ3) is 5.58. The minimum Gasteiger partial charge on any atom is -0.378 e. The zero-order chi connectivity index (χ0) is 27.6. The minimum atomic E-state index is 0.119. The number of likely N-dealkylation sites (tertiary alicyclic amines) is 2. The van der Waals surface area contributed by atoms with Gasteiger partial charge in [0, 0.05) is 68.2 Å². The molecule has 4 aromatic rings. The van der Waals surface area contributed by atoms with Crippen molar-refractivity contribution in [1.82, 2.24) is 34.3 Å². The smallest absolute Gasteiger partial charge is 0.225 e. The minimum absolute atomic E-state index is 0.119. The van der Waals surface area contributed by atoms with Crippen LogP contribution in [-0.4, -0.2) is 92.7 Å². The van der Waals surface area contributed by atoms with E-state index in [4.69, 9.17) is 9.72 Å². The molecule has 214 valence electrons. The van der Waals surface area contributed by atoms with Crippen LogP contribution in [0.4, 0.5) is 5.13 Å². The average Bonchev–Trinajstić information content (AvgIpc) is 3.67. The number of piperidine rings is 2. The van der Waals surface area contributed by atoms with Gasteiger partial charge in [-0.2, -0.15) is 0 Å². The topological polar surface area (TPSA) is 92.5 Å². The largest absolute Gasteiger partial charge is 0.378 e. The van der Waals surface area contributed by atoms with Crippen LogP contribution >= 0.6 is 11.3 Å². The Labute approximate surface area is 244 Å². The van der Waals surface area contributed by atoms with Crippen LogP contribution in [0.5, 0.6) is 0 Å². The number of aromatic nitrogens is 5. The molecule has 3 fully saturated rings. The first-order valence-electron chi connectivity index (χ1n) is 14.8. The maximum atomic E-state index is 13.5. The van der Waals surface area contributed by atoms with E-state index in [1.54, 1.807) is 17.5 Å². The van der Waals surface area contributed by atoms with Gasteiger partial charge in [-0.1, -0.05) is 6.07 Å². The Morgan fingerprint density at radius 3 is 2.49 bits per heavy atom. The summed E-state index contributed by atoms with van der Waals surface area (Å²) in [5.74, 6) is 1.30. The Morgan fingerprint density at radius 1 is 0.902 bits per heavy atom. The van der Waals surface area contributed by atoms with Crippen LogP contribution in [0, 0.1) is 5.92 Å². The van der Waals surface area contributed by atoms with E-state index in [1.165, 1.54) is 4.88 Å². The highest BCUT2D eigenvalue weighted by molar-refractivity contribution is 7.15. The molecular weight excluding hydrogens is 536 g/mol. The van der Waals surface area contributed by atoms with E-state index in [2.05, 4.69) is 34.2 Å². The predicted octanol–water partition coefficient (Wildman–Crippen LogP) is 3.86. The molecule has 0 unspecified atom stereocenters.